The van der Waals surface area contributed by atoms with Crippen molar-refractivity contribution in [1.82, 2.24) is 10.6 Å². The fourth-order valence-electron chi connectivity index (χ4n) is 2.33. The van der Waals surface area contributed by atoms with Crippen molar-refractivity contribution in [2.45, 2.75) is 32.9 Å². The average Bonchev–Trinajstić information content (AvgIpc) is 2.67. The third-order valence-corrected chi connectivity index (χ3v) is 3.57. The van der Waals surface area contributed by atoms with Crippen LogP contribution in [-0.4, -0.2) is 18.5 Å². The molecule has 1 aliphatic rings. The van der Waals surface area contributed by atoms with Gasteiger partial charge in [-0.15, -0.1) is 0 Å². The zero-order valence-electron chi connectivity index (χ0n) is 10.8. The van der Waals surface area contributed by atoms with Crippen LogP contribution < -0.4 is 10.6 Å². The van der Waals surface area contributed by atoms with Gasteiger partial charge in [-0.2, -0.15) is 0 Å². The van der Waals surface area contributed by atoms with E-state index in [0.29, 0.717) is 5.56 Å². The molecule has 3 nitrogen and oxygen atoms in total. The fraction of sp³-hybridized carbons (Fsp3) is 0.500. The van der Waals surface area contributed by atoms with E-state index in [9.17, 15) is 9.18 Å². The second-order valence-corrected chi connectivity index (χ2v) is 5.43. The molecule has 0 saturated carbocycles. The quantitative estimate of drug-likeness (QED) is 0.859. The molecule has 1 unspecified atom stereocenters. The van der Waals surface area contributed by atoms with Crippen molar-refractivity contribution in [3.63, 3.8) is 0 Å². The van der Waals surface area contributed by atoms with Gasteiger partial charge in [0.05, 0.1) is 6.04 Å². The average molecular weight is 250 g/mol. The van der Waals surface area contributed by atoms with Gasteiger partial charge in [0, 0.05) is 12.1 Å². The highest BCUT2D eigenvalue weighted by atomic mass is 19.1. The molecule has 98 valence electrons. The monoisotopic (exact) mass is 250 g/mol. The van der Waals surface area contributed by atoms with Crippen LogP contribution in [-0.2, 0) is 11.3 Å². The number of nitrogens with one attached hydrogen (secondary N) is 2. The van der Waals surface area contributed by atoms with Crippen LogP contribution in [0.4, 0.5) is 4.39 Å². The number of amides is 1. The summed E-state index contributed by atoms with van der Waals surface area (Å²) in [7, 11) is 0. The highest BCUT2D eigenvalue weighted by Crippen LogP contribution is 2.29. The number of benzene rings is 1. The van der Waals surface area contributed by atoms with Gasteiger partial charge in [0.25, 0.3) is 0 Å². The summed E-state index contributed by atoms with van der Waals surface area (Å²) >= 11 is 0. The van der Waals surface area contributed by atoms with Crippen LogP contribution in [0.15, 0.2) is 24.3 Å². The Kier molecular flexibility index (Phi) is 3.66. The molecule has 1 atom stereocenters. The summed E-state index contributed by atoms with van der Waals surface area (Å²) in [5.41, 5.74) is 0.473. The first kappa shape index (κ1) is 13.0. The van der Waals surface area contributed by atoms with E-state index in [4.69, 9.17) is 0 Å². The molecular weight excluding hydrogens is 231 g/mol. The number of hydrogen-bond donors (Lipinski definition) is 2. The van der Waals surface area contributed by atoms with Gasteiger partial charge in [-0.05, 0) is 24.4 Å². The third kappa shape index (κ3) is 2.70. The van der Waals surface area contributed by atoms with Crippen LogP contribution in [0.1, 0.15) is 25.8 Å². The van der Waals surface area contributed by atoms with Gasteiger partial charge in [-0.25, -0.2) is 4.39 Å². The molecule has 1 aliphatic heterocycles. The SMILES string of the molecule is CC1(C)CCNC1C(=O)NCc1ccccc1F. The lowest BCUT2D eigenvalue weighted by atomic mass is 9.84. The van der Waals surface area contributed by atoms with Gasteiger partial charge in [0.1, 0.15) is 5.82 Å². The molecule has 1 fully saturated rings. The molecule has 0 spiro atoms. The molecule has 1 aromatic carbocycles. The van der Waals surface area contributed by atoms with Crippen LogP contribution in [0.3, 0.4) is 0 Å². The van der Waals surface area contributed by atoms with E-state index in [0.717, 1.165) is 13.0 Å². The van der Waals surface area contributed by atoms with E-state index in [1.165, 1.54) is 6.07 Å². The Bertz CT molecular complexity index is 445. The molecule has 18 heavy (non-hydrogen) atoms. The van der Waals surface area contributed by atoms with Gasteiger partial charge in [-0.3, -0.25) is 4.79 Å². The number of hydrogen-bond acceptors (Lipinski definition) is 2. The Morgan fingerprint density at radius 1 is 1.50 bits per heavy atom. The van der Waals surface area contributed by atoms with Gasteiger partial charge in [0.2, 0.25) is 5.91 Å². The van der Waals surface area contributed by atoms with Crippen molar-refractivity contribution in [3.8, 4) is 0 Å². The van der Waals surface area contributed by atoms with Gasteiger partial charge < -0.3 is 10.6 Å². The predicted octanol–water partition coefficient (Wildman–Crippen LogP) is 1.83. The second-order valence-electron chi connectivity index (χ2n) is 5.43. The minimum absolute atomic E-state index is 0.0423. The second kappa shape index (κ2) is 5.06. The lowest BCUT2D eigenvalue weighted by Gasteiger charge is -2.25. The summed E-state index contributed by atoms with van der Waals surface area (Å²) in [5.74, 6) is -0.336. The van der Waals surface area contributed by atoms with Crippen molar-refractivity contribution in [2.75, 3.05) is 6.54 Å². The molecule has 4 heteroatoms. The van der Waals surface area contributed by atoms with Gasteiger partial charge >= 0.3 is 0 Å². The molecule has 2 rings (SSSR count). The van der Waals surface area contributed by atoms with Crippen LogP contribution >= 0.6 is 0 Å². The lowest BCUT2D eigenvalue weighted by Crippen LogP contribution is -2.46. The summed E-state index contributed by atoms with van der Waals surface area (Å²) < 4.78 is 13.4. The molecule has 2 N–H and O–H groups in total. The maximum absolute atomic E-state index is 13.4. The smallest absolute Gasteiger partial charge is 0.237 e. The Morgan fingerprint density at radius 2 is 2.22 bits per heavy atom. The number of rotatable bonds is 3. The predicted molar refractivity (Wildman–Crippen MR) is 68.4 cm³/mol. The molecule has 0 aromatic heterocycles. The van der Waals surface area contributed by atoms with E-state index in [-0.39, 0.29) is 29.7 Å². The van der Waals surface area contributed by atoms with Crippen molar-refractivity contribution in [1.29, 1.82) is 0 Å². The maximum atomic E-state index is 13.4. The Labute approximate surface area is 107 Å². The van der Waals surface area contributed by atoms with Gasteiger partial charge in [-0.1, -0.05) is 32.0 Å². The normalized spacial score (nSPS) is 21.8. The summed E-state index contributed by atoms with van der Waals surface area (Å²) in [6.45, 7) is 5.23. The maximum Gasteiger partial charge on any atom is 0.237 e. The molecule has 1 heterocycles. The number of carbonyl (C=O) groups excluding carboxylic acids is 1. The third-order valence-electron chi connectivity index (χ3n) is 3.57. The Hall–Kier alpha value is -1.42. The van der Waals surface area contributed by atoms with Crippen LogP contribution in [0.25, 0.3) is 0 Å². The molecule has 0 aliphatic carbocycles. The summed E-state index contributed by atoms with van der Waals surface area (Å²) in [6, 6.07) is 6.30. The highest BCUT2D eigenvalue weighted by Gasteiger charge is 2.38. The van der Waals surface area contributed by atoms with Crippen LogP contribution in [0.2, 0.25) is 0 Å². The van der Waals surface area contributed by atoms with Crippen molar-refractivity contribution in [3.05, 3.63) is 35.6 Å². The van der Waals surface area contributed by atoms with E-state index in [2.05, 4.69) is 24.5 Å². The molecule has 1 aromatic rings. The van der Waals surface area contributed by atoms with E-state index in [1.54, 1.807) is 18.2 Å². The molecule has 0 radical (unpaired) electrons. The van der Waals surface area contributed by atoms with Gasteiger partial charge in [0.15, 0.2) is 0 Å². The topological polar surface area (TPSA) is 41.1 Å². The van der Waals surface area contributed by atoms with Crippen molar-refractivity contribution in [2.24, 2.45) is 5.41 Å². The first-order valence-electron chi connectivity index (χ1n) is 6.25. The van der Waals surface area contributed by atoms with Crippen LogP contribution in [0, 0.1) is 11.2 Å². The molecule has 1 amide bonds. The van der Waals surface area contributed by atoms with E-state index in [1.807, 2.05) is 0 Å². The minimum atomic E-state index is -0.281. The summed E-state index contributed by atoms with van der Waals surface area (Å²) in [4.78, 5) is 12.0. The largest absolute Gasteiger partial charge is 0.351 e. The Morgan fingerprint density at radius 3 is 2.83 bits per heavy atom. The number of halogens is 1. The van der Waals surface area contributed by atoms with Crippen LogP contribution in [0.5, 0.6) is 0 Å². The van der Waals surface area contributed by atoms with Crippen molar-refractivity contribution < 1.29 is 9.18 Å². The molecule has 1 saturated heterocycles. The minimum Gasteiger partial charge on any atom is -0.351 e. The lowest BCUT2D eigenvalue weighted by molar-refractivity contribution is -0.124. The zero-order chi connectivity index (χ0) is 13.2. The zero-order valence-corrected chi connectivity index (χ0v) is 10.8. The summed E-state index contributed by atoms with van der Waals surface area (Å²) in [5, 5.41) is 5.99. The van der Waals surface area contributed by atoms with E-state index < -0.39 is 0 Å². The Balaban J connectivity index is 1.95. The highest BCUT2D eigenvalue weighted by molar-refractivity contribution is 5.83. The standard InChI is InChI=1S/C14H19FN2O/c1-14(2)7-8-16-12(14)13(18)17-9-10-5-3-4-6-11(10)15/h3-6,12,16H,7-9H2,1-2H3,(H,17,18). The first-order chi connectivity index (χ1) is 8.50. The van der Waals surface area contributed by atoms with E-state index >= 15 is 0 Å². The summed E-state index contributed by atoms with van der Waals surface area (Å²) in [6.07, 6.45) is 0.977. The van der Waals surface area contributed by atoms with Crippen molar-refractivity contribution >= 4 is 5.91 Å². The fourth-order valence-corrected chi connectivity index (χ4v) is 2.33. The number of carbonyl (C=O) groups is 1. The first-order valence-corrected chi connectivity index (χ1v) is 6.25. The molecular formula is C14H19FN2O. The molecule has 0 bridgehead atoms.